The number of nitriles is 1. The largest absolute Gasteiger partial charge is 0.394 e. The van der Waals surface area contributed by atoms with Crippen molar-refractivity contribution in [2.45, 2.75) is 32.8 Å². The summed E-state index contributed by atoms with van der Waals surface area (Å²) in [6.45, 7) is 5.93. The predicted octanol–water partition coefficient (Wildman–Crippen LogP) is 4.57. The summed E-state index contributed by atoms with van der Waals surface area (Å²) in [4.78, 5) is 16.4. The summed E-state index contributed by atoms with van der Waals surface area (Å²) in [7, 11) is 0. The first-order valence-corrected chi connectivity index (χ1v) is 12.4. The van der Waals surface area contributed by atoms with Crippen molar-refractivity contribution in [3.8, 4) is 16.5 Å². The first kappa shape index (κ1) is 25.4. The summed E-state index contributed by atoms with van der Waals surface area (Å²) >= 11 is 1.50. The zero-order valence-corrected chi connectivity index (χ0v) is 20.4. The van der Waals surface area contributed by atoms with Crippen LogP contribution in [0.5, 0.6) is 0 Å². The number of aliphatic hydroxyl groups is 2. The second-order valence-electron chi connectivity index (χ2n) is 8.15. The lowest BCUT2D eigenvalue weighted by atomic mass is 10.0. The fourth-order valence-corrected chi connectivity index (χ4v) is 4.69. The van der Waals surface area contributed by atoms with Gasteiger partial charge in [-0.25, -0.2) is 0 Å². The zero-order valence-electron chi connectivity index (χ0n) is 19.6. The van der Waals surface area contributed by atoms with Crippen molar-refractivity contribution in [2.75, 3.05) is 31.1 Å². The molecule has 34 heavy (non-hydrogen) atoms. The SMILES string of the molecule is CCCN(CCC)c1ccc2cc(-c3ccc(/C=C(\C#N)C(=O)NCC(O)CO)s3)ccc2c1. The third-order valence-electron chi connectivity index (χ3n) is 5.45. The molecular formula is C27H31N3O3S. The molecular weight excluding hydrogens is 446 g/mol. The molecule has 3 rings (SSSR count). The van der Waals surface area contributed by atoms with Crippen LogP contribution in [0, 0.1) is 11.3 Å². The number of hydrogen-bond acceptors (Lipinski definition) is 6. The fraction of sp³-hybridized carbons (Fsp3) is 0.333. The Morgan fingerprint density at radius 1 is 1.12 bits per heavy atom. The first-order chi connectivity index (χ1) is 16.5. The van der Waals surface area contributed by atoms with E-state index >= 15 is 0 Å². The first-order valence-electron chi connectivity index (χ1n) is 11.6. The number of thiophene rings is 1. The third kappa shape index (κ3) is 6.45. The minimum atomic E-state index is -1.05. The van der Waals surface area contributed by atoms with Crippen LogP contribution in [0.1, 0.15) is 31.6 Å². The van der Waals surface area contributed by atoms with E-state index in [1.54, 1.807) is 0 Å². The maximum atomic E-state index is 12.2. The molecule has 0 aliphatic heterocycles. The summed E-state index contributed by atoms with van der Waals surface area (Å²) in [5.41, 5.74) is 2.28. The minimum absolute atomic E-state index is 0.0479. The van der Waals surface area contributed by atoms with Crippen molar-refractivity contribution in [2.24, 2.45) is 0 Å². The number of carbonyl (C=O) groups excluding carboxylic acids is 1. The highest BCUT2D eigenvalue weighted by molar-refractivity contribution is 7.16. The number of nitrogens with one attached hydrogen (secondary N) is 1. The normalized spacial score (nSPS) is 12.4. The number of anilines is 1. The number of aliphatic hydroxyl groups excluding tert-OH is 2. The summed E-state index contributed by atoms with van der Waals surface area (Å²) in [5.74, 6) is -0.577. The molecule has 1 heterocycles. The van der Waals surface area contributed by atoms with Gasteiger partial charge in [-0.2, -0.15) is 5.26 Å². The van der Waals surface area contributed by atoms with Gasteiger partial charge < -0.3 is 20.4 Å². The molecule has 1 unspecified atom stereocenters. The van der Waals surface area contributed by atoms with Crippen LogP contribution in [0.15, 0.2) is 54.1 Å². The van der Waals surface area contributed by atoms with Gasteiger partial charge in [0.05, 0.1) is 12.7 Å². The molecule has 0 bridgehead atoms. The highest BCUT2D eigenvalue weighted by Crippen LogP contribution is 2.32. The second kappa shape index (κ2) is 12.3. The van der Waals surface area contributed by atoms with Crippen LogP contribution in [0.25, 0.3) is 27.3 Å². The molecule has 2 aromatic carbocycles. The van der Waals surface area contributed by atoms with Crippen LogP contribution in [0.3, 0.4) is 0 Å². The van der Waals surface area contributed by atoms with E-state index in [0.717, 1.165) is 41.2 Å². The molecule has 7 heteroatoms. The molecule has 1 amide bonds. The number of rotatable bonds is 11. The van der Waals surface area contributed by atoms with Crippen LogP contribution < -0.4 is 10.2 Å². The molecule has 178 valence electrons. The average molecular weight is 478 g/mol. The van der Waals surface area contributed by atoms with E-state index < -0.39 is 18.6 Å². The predicted molar refractivity (Wildman–Crippen MR) is 140 cm³/mol. The van der Waals surface area contributed by atoms with Gasteiger partial charge in [-0.05, 0) is 65.6 Å². The number of hydrogen-bond donors (Lipinski definition) is 3. The van der Waals surface area contributed by atoms with E-state index in [4.69, 9.17) is 5.11 Å². The molecule has 0 aliphatic carbocycles. The maximum absolute atomic E-state index is 12.2. The van der Waals surface area contributed by atoms with Gasteiger partial charge in [0.1, 0.15) is 11.6 Å². The van der Waals surface area contributed by atoms with Gasteiger partial charge in [0.25, 0.3) is 5.91 Å². The molecule has 3 aromatic rings. The van der Waals surface area contributed by atoms with E-state index in [1.807, 2.05) is 18.2 Å². The van der Waals surface area contributed by atoms with E-state index in [9.17, 15) is 15.2 Å². The van der Waals surface area contributed by atoms with Crippen molar-refractivity contribution >= 4 is 39.8 Å². The zero-order chi connectivity index (χ0) is 24.5. The fourth-order valence-electron chi connectivity index (χ4n) is 3.74. The highest BCUT2D eigenvalue weighted by atomic mass is 32.1. The summed E-state index contributed by atoms with van der Waals surface area (Å²) in [5, 5.41) is 32.4. The molecule has 0 spiro atoms. The van der Waals surface area contributed by atoms with E-state index in [-0.39, 0.29) is 12.1 Å². The van der Waals surface area contributed by atoms with Crippen molar-refractivity contribution in [3.05, 3.63) is 59.0 Å². The minimum Gasteiger partial charge on any atom is -0.394 e. The lowest BCUT2D eigenvalue weighted by Crippen LogP contribution is -2.34. The Labute approximate surface area is 204 Å². The number of nitrogens with zero attached hydrogens (tertiary/aromatic N) is 2. The van der Waals surface area contributed by atoms with Gasteiger partial charge in [-0.1, -0.05) is 32.0 Å². The van der Waals surface area contributed by atoms with Crippen LogP contribution >= 0.6 is 11.3 Å². The summed E-state index contributed by atoms with van der Waals surface area (Å²) in [6.07, 6.45) is 2.72. The lowest BCUT2D eigenvalue weighted by Gasteiger charge is -2.24. The van der Waals surface area contributed by atoms with Gasteiger partial charge >= 0.3 is 0 Å². The Bertz CT molecular complexity index is 1190. The van der Waals surface area contributed by atoms with Crippen molar-refractivity contribution in [1.82, 2.24) is 5.32 Å². The number of amides is 1. The lowest BCUT2D eigenvalue weighted by molar-refractivity contribution is -0.117. The molecule has 1 atom stereocenters. The van der Waals surface area contributed by atoms with Gasteiger partial charge in [-0.3, -0.25) is 4.79 Å². The molecule has 1 aromatic heterocycles. The topological polar surface area (TPSA) is 96.6 Å². The number of benzene rings is 2. The van der Waals surface area contributed by atoms with Crippen molar-refractivity contribution in [3.63, 3.8) is 0 Å². The van der Waals surface area contributed by atoms with E-state index in [0.29, 0.717) is 0 Å². The average Bonchev–Trinajstić information content (AvgIpc) is 3.33. The van der Waals surface area contributed by atoms with Gasteiger partial charge in [0.2, 0.25) is 0 Å². The molecule has 6 nitrogen and oxygen atoms in total. The van der Waals surface area contributed by atoms with Crippen molar-refractivity contribution in [1.29, 1.82) is 5.26 Å². The van der Waals surface area contributed by atoms with E-state index in [2.05, 4.69) is 60.5 Å². The van der Waals surface area contributed by atoms with Gasteiger partial charge in [-0.15, -0.1) is 11.3 Å². The second-order valence-corrected chi connectivity index (χ2v) is 9.27. The molecule has 0 radical (unpaired) electrons. The van der Waals surface area contributed by atoms with Crippen LogP contribution in [0.2, 0.25) is 0 Å². The smallest absolute Gasteiger partial charge is 0.262 e. The van der Waals surface area contributed by atoms with Gasteiger partial charge in [0.15, 0.2) is 0 Å². The molecule has 0 aliphatic rings. The number of fused-ring (bicyclic) bond motifs is 1. The van der Waals surface area contributed by atoms with Crippen molar-refractivity contribution < 1.29 is 15.0 Å². The third-order valence-corrected chi connectivity index (χ3v) is 6.53. The Morgan fingerprint density at radius 3 is 2.50 bits per heavy atom. The Hall–Kier alpha value is -3.18. The number of carbonyl (C=O) groups is 1. The Balaban J connectivity index is 1.80. The molecule has 0 saturated carbocycles. The molecule has 0 fully saturated rings. The Kier molecular flexibility index (Phi) is 9.23. The van der Waals surface area contributed by atoms with Crippen LogP contribution in [-0.4, -0.2) is 48.5 Å². The Morgan fingerprint density at radius 2 is 1.82 bits per heavy atom. The molecule has 3 N–H and O–H groups in total. The monoisotopic (exact) mass is 477 g/mol. The molecule has 0 saturated heterocycles. The standard InChI is InChI=1S/C27H31N3O3S/c1-3-11-30(12-4-2)23-8-7-19-13-21(6-5-20(19)14-23)26-10-9-25(34-26)15-22(16-28)27(33)29-17-24(32)18-31/h5-10,13-15,24,31-32H,3-4,11-12,17-18H2,1-2H3,(H,29,33)/b22-15+. The summed E-state index contributed by atoms with van der Waals surface area (Å²) in [6, 6.07) is 18.8. The van der Waals surface area contributed by atoms with Gasteiger partial charge in [0, 0.05) is 35.1 Å². The van der Waals surface area contributed by atoms with Crippen LogP contribution in [-0.2, 0) is 4.79 Å². The maximum Gasteiger partial charge on any atom is 0.262 e. The van der Waals surface area contributed by atoms with E-state index in [1.165, 1.54) is 33.9 Å². The van der Waals surface area contributed by atoms with Crippen LogP contribution in [0.4, 0.5) is 5.69 Å². The summed E-state index contributed by atoms with van der Waals surface area (Å²) < 4.78 is 0. The quantitative estimate of drug-likeness (QED) is 0.278. The highest BCUT2D eigenvalue weighted by Gasteiger charge is 2.12.